The number of ether oxygens (including phenoxy) is 2. The number of hydrogen-bond donors (Lipinski definition) is 0. The van der Waals surface area contributed by atoms with Crippen LogP contribution in [-0.4, -0.2) is 23.8 Å². The van der Waals surface area contributed by atoms with E-state index >= 15 is 0 Å². The van der Waals surface area contributed by atoms with Crippen LogP contribution in [0.3, 0.4) is 0 Å². The highest BCUT2D eigenvalue weighted by Crippen LogP contribution is 2.35. The summed E-state index contributed by atoms with van der Waals surface area (Å²) in [5.41, 5.74) is 2.47. The van der Waals surface area contributed by atoms with Crippen molar-refractivity contribution in [2.24, 2.45) is 0 Å². The van der Waals surface area contributed by atoms with Crippen molar-refractivity contribution in [3.8, 4) is 11.5 Å². The van der Waals surface area contributed by atoms with E-state index in [1.54, 1.807) is 37.0 Å². The Bertz CT molecular complexity index is 1100. The van der Waals surface area contributed by atoms with Crippen LogP contribution in [-0.2, 0) is 6.54 Å². The molecule has 3 aromatic rings. The molecule has 0 atom stereocenters. The van der Waals surface area contributed by atoms with Gasteiger partial charge in [-0.2, -0.15) is 0 Å². The number of para-hydroxylation sites is 1. The number of fused-ring (bicyclic) bond motifs is 2. The van der Waals surface area contributed by atoms with Crippen LogP contribution in [0.2, 0.25) is 5.02 Å². The van der Waals surface area contributed by atoms with Gasteiger partial charge in [-0.1, -0.05) is 23.7 Å². The van der Waals surface area contributed by atoms with Crippen LogP contribution >= 0.6 is 11.6 Å². The molecule has 2 heterocycles. The molecule has 0 bridgehead atoms. The number of aromatic nitrogens is 2. The molecule has 0 saturated carbocycles. The second-order valence-corrected chi connectivity index (χ2v) is 6.49. The molecule has 5 nitrogen and oxygen atoms in total. The highest BCUT2D eigenvalue weighted by atomic mass is 35.5. The summed E-state index contributed by atoms with van der Waals surface area (Å²) in [6.07, 6.45) is 2.74. The number of allylic oxidation sites excluding steroid dienone is 1. The summed E-state index contributed by atoms with van der Waals surface area (Å²) in [5.74, 6) is 2.02. The number of halogens is 1. The predicted molar refractivity (Wildman–Crippen MR) is 103 cm³/mol. The number of benzene rings is 2. The lowest BCUT2D eigenvalue weighted by Gasteiger charge is -2.11. The maximum Gasteiger partial charge on any atom is 0.261 e. The van der Waals surface area contributed by atoms with Gasteiger partial charge in [0.1, 0.15) is 5.82 Å². The molecule has 0 amide bonds. The third-order valence-electron chi connectivity index (χ3n) is 4.57. The normalized spacial score (nSPS) is 14.7. The Balaban J connectivity index is 1.89. The Morgan fingerprint density at radius 3 is 2.81 bits per heavy atom. The fourth-order valence-corrected chi connectivity index (χ4v) is 3.51. The number of rotatable bonds is 3. The molecule has 1 aliphatic heterocycles. The van der Waals surface area contributed by atoms with Crippen LogP contribution in [0.15, 0.2) is 41.2 Å². The summed E-state index contributed by atoms with van der Waals surface area (Å²) >= 11 is 6.03. The Morgan fingerprint density at radius 1 is 1.19 bits per heavy atom. The van der Waals surface area contributed by atoms with Gasteiger partial charge in [-0.25, -0.2) is 4.98 Å². The summed E-state index contributed by atoms with van der Waals surface area (Å²) in [5, 5.41) is 1.08. The molecular weight excluding hydrogens is 352 g/mol. The molecule has 0 radical (unpaired) electrons. The Hall–Kier alpha value is -2.79. The van der Waals surface area contributed by atoms with Crippen LogP contribution < -0.4 is 15.0 Å². The fraction of sp³-hybridized carbons (Fsp3) is 0.200. The van der Waals surface area contributed by atoms with Gasteiger partial charge in [0.25, 0.3) is 5.56 Å². The summed E-state index contributed by atoms with van der Waals surface area (Å²) in [4.78, 5) is 17.5. The van der Waals surface area contributed by atoms with Crippen molar-refractivity contribution in [2.45, 2.75) is 13.0 Å². The molecular formula is C20H17ClN2O3. The maximum absolute atomic E-state index is 12.8. The first-order valence-electron chi connectivity index (χ1n) is 8.24. The molecule has 4 rings (SSSR count). The van der Waals surface area contributed by atoms with E-state index in [0.717, 1.165) is 17.6 Å². The molecule has 0 unspecified atom stereocenters. The van der Waals surface area contributed by atoms with Crippen molar-refractivity contribution < 1.29 is 9.47 Å². The zero-order chi connectivity index (χ0) is 18.3. The molecule has 0 saturated heterocycles. The quantitative estimate of drug-likeness (QED) is 0.701. The van der Waals surface area contributed by atoms with Crippen LogP contribution in [0.1, 0.15) is 17.8 Å². The van der Waals surface area contributed by atoms with E-state index < -0.39 is 0 Å². The first-order valence-corrected chi connectivity index (χ1v) is 8.62. The summed E-state index contributed by atoms with van der Waals surface area (Å²) < 4.78 is 12.6. The monoisotopic (exact) mass is 368 g/mol. The molecule has 0 fully saturated rings. The number of nitrogens with zero attached hydrogens (tertiary/aromatic N) is 2. The summed E-state index contributed by atoms with van der Waals surface area (Å²) in [6.45, 7) is 0.599. The van der Waals surface area contributed by atoms with Gasteiger partial charge >= 0.3 is 0 Å². The molecule has 0 spiro atoms. The molecule has 0 aliphatic carbocycles. The number of methoxy groups -OCH3 is 2. The lowest BCUT2D eigenvalue weighted by atomic mass is 10.1. The minimum Gasteiger partial charge on any atom is -0.493 e. The van der Waals surface area contributed by atoms with Gasteiger partial charge in [-0.15, -0.1) is 0 Å². The highest BCUT2D eigenvalue weighted by Gasteiger charge is 2.21. The predicted octanol–water partition coefficient (Wildman–Crippen LogP) is 4.01. The maximum atomic E-state index is 12.8. The van der Waals surface area contributed by atoms with Crippen molar-refractivity contribution in [2.75, 3.05) is 14.2 Å². The van der Waals surface area contributed by atoms with E-state index in [1.165, 1.54) is 0 Å². The topological polar surface area (TPSA) is 53.4 Å². The molecule has 1 aliphatic rings. The largest absolute Gasteiger partial charge is 0.493 e. The second kappa shape index (κ2) is 6.50. The van der Waals surface area contributed by atoms with Crippen LogP contribution in [0.25, 0.3) is 22.6 Å². The smallest absolute Gasteiger partial charge is 0.261 e. The van der Waals surface area contributed by atoms with Gasteiger partial charge in [-0.05, 0) is 42.3 Å². The van der Waals surface area contributed by atoms with Gasteiger partial charge in [0.05, 0.1) is 25.1 Å². The van der Waals surface area contributed by atoms with Gasteiger partial charge in [0, 0.05) is 17.1 Å². The highest BCUT2D eigenvalue weighted by molar-refractivity contribution is 6.31. The Labute approximate surface area is 155 Å². The third kappa shape index (κ3) is 2.65. The minimum absolute atomic E-state index is 0.0616. The average molecular weight is 369 g/mol. The van der Waals surface area contributed by atoms with Crippen molar-refractivity contribution in [3.63, 3.8) is 0 Å². The SMILES string of the molecule is COc1cccc(C=C2CCn3c2nc2ccc(Cl)cc2c3=O)c1OC. The molecule has 132 valence electrons. The first kappa shape index (κ1) is 16.7. The van der Waals surface area contributed by atoms with Crippen molar-refractivity contribution >= 4 is 34.2 Å². The summed E-state index contributed by atoms with van der Waals surface area (Å²) in [6, 6.07) is 10.9. The van der Waals surface area contributed by atoms with Gasteiger partial charge in [0.15, 0.2) is 11.5 Å². The molecule has 1 aromatic heterocycles. The van der Waals surface area contributed by atoms with Crippen molar-refractivity contribution in [1.29, 1.82) is 0 Å². The number of hydrogen-bond acceptors (Lipinski definition) is 4. The van der Waals surface area contributed by atoms with E-state index in [-0.39, 0.29) is 5.56 Å². The third-order valence-corrected chi connectivity index (χ3v) is 4.81. The van der Waals surface area contributed by atoms with Gasteiger partial charge < -0.3 is 9.47 Å². The fourth-order valence-electron chi connectivity index (χ4n) is 3.34. The Kier molecular flexibility index (Phi) is 4.17. The zero-order valence-corrected chi connectivity index (χ0v) is 15.2. The Morgan fingerprint density at radius 2 is 2.04 bits per heavy atom. The average Bonchev–Trinajstić information content (AvgIpc) is 3.05. The van der Waals surface area contributed by atoms with Gasteiger partial charge in [-0.3, -0.25) is 9.36 Å². The molecule has 6 heteroatoms. The first-order chi connectivity index (χ1) is 12.6. The lowest BCUT2D eigenvalue weighted by Crippen LogP contribution is -2.20. The van der Waals surface area contributed by atoms with E-state index in [2.05, 4.69) is 0 Å². The van der Waals surface area contributed by atoms with Crippen molar-refractivity contribution in [3.05, 3.63) is 63.2 Å². The molecule has 2 aromatic carbocycles. The standard InChI is InChI=1S/C20H17ClN2O3/c1-25-17-5-3-4-12(18(17)26-2)10-13-8-9-23-19(13)22-16-7-6-14(21)11-15(16)20(23)24/h3-7,10-11H,8-9H2,1-2H3. The van der Waals surface area contributed by atoms with Gasteiger partial charge in [0.2, 0.25) is 0 Å². The molecule has 26 heavy (non-hydrogen) atoms. The van der Waals surface area contributed by atoms with Crippen LogP contribution in [0.5, 0.6) is 11.5 Å². The summed E-state index contributed by atoms with van der Waals surface area (Å²) in [7, 11) is 3.22. The van der Waals surface area contributed by atoms with Crippen molar-refractivity contribution in [1.82, 2.24) is 9.55 Å². The molecule has 0 N–H and O–H groups in total. The van der Waals surface area contributed by atoms with E-state index in [4.69, 9.17) is 26.1 Å². The van der Waals surface area contributed by atoms with E-state index in [0.29, 0.717) is 39.8 Å². The lowest BCUT2D eigenvalue weighted by molar-refractivity contribution is 0.354. The van der Waals surface area contributed by atoms with Crippen LogP contribution in [0, 0.1) is 0 Å². The van der Waals surface area contributed by atoms with Crippen LogP contribution in [0.4, 0.5) is 0 Å². The minimum atomic E-state index is -0.0616. The van der Waals surface area contributed by atoms with E-state index in [1.807, 2.05) is 24.3 Å². The second-order valence-electron chi connectivity index (χ2n) is 6.06. The van der Waals surface area contributed by atoms with E-state index in [9.17, 15) is 4.79 Å². The zero-order valence-electron chi connectivity index (χ0n) is 14.5.